The summed E-state index contributed by atoms with van der Waals surface area (Å²) in [4.78, 5) is 14.3. The first-order chi connectivity index (χ1) is 11.2. The van der Waals surface area contributed by atoms with Gasteiger partial charge in [0.1, 0.15) is 11.5 Å². The molecule has 0 atom stereocenters. The Bertz CT molecular complexity index is 742. The number of nitrogens with zero attached hydrogens (tertiary/aromatic N) is 1. The first-order valence-corrected chi connectivity index (χ1v) is 7.39. The fraction of sp³-hybridized carbons (Fsp3) is 0.278. The summed E-state index contributed by atoms with van der Waals surface area (Å²) in [5.41, 5.74) is 3.40. The first kappa shape index (κ1) is 15.4. The van der Waals surface area contributed by atoms with Crippen LogP contribution in [0.1, 0.15) is 27.0 Å². The summed E-state index contributed by atoms with van der Waals surface area (Å²) in [6.45, 7) is 0.986. The third-order valence-corrected chi connectivity index (χ3v) is 4.09. The predicted molar refractivity (Wildman–Crippen MR) is 85.5 cm³/mol. The molecule has 0 spiro atoms. The van der Waals surface area contributed by atoms with Crippen molar-refractivity contribution in [2.75, 3.05) is 14.2 Å². The average Bonchev–Trinajstić information content (AvgIpc) is 2.90. The molecule has 1 aliphatic rings. The van der Waals surface area contributed by atoms with Crippen LogP contribution in [0.15, 0.2) is 36.4 Å². The van der Waals surface area contributed by atoms with Gasteiger partial charge < -0.3 is 19.5 Å². The fourth-order valence-electron chi connectivity index (χ4n) is 2.85. The first-order valence-electron chi connectivity index (χ1n) is 7.39. The van der Waals surface area contributed by atoms with Crippen molar-refractivity contribution in [3.05, 3.63) is 58.7 Å². The van der Waals surface area contributed by atoms with Gasteiger partial charge in [0.05, 0.1) is 20.8 Å². The second-order valence-electron chi connectivity index (χ2n) is 5.49. The minimum Gasteiger partial charge on any atom is -0.497 e. The van der Waals surface area contributed by atoms with Crippen LogP contribution >= 0.6 is 0 Å². The normalized spacial score (nSPS) is 13.2. The third-order valence-electron chi connectivity index (χ3n) is 4.09. The van der Waals surface area contributed by atoms with Gasteiger partial charge in [-0.15, -0.1) is 0 Å². The van der Waals surface area contributed by atoms with Gasteiger partial charge in [-0.2, -0.15) is 0 Å². The SMILES string of the molecule is COc1ccc(CN2Cc3cc(CO)ccc3C2=O)c(OC)c1. The van der Waals surface area contributed by atoms with Crippen LogP contribution in [0.2, 0.25) is 0 Å². The summed E-state index contributed by atoms with van der Waals surface area (Å²) >= 11 is 0. The number of amides is 1. The molecular weight excluding hydrogens is 294 g/mol. The highest BCUT2D eigenvalue weighted by molar-refractivity contribution is 5.98. The van der Waals surface area contributed by atoms with Crippen LogP contribution in [-0.2, 0) is 19.7 Å². The summed E-state index contributed by atoms with van der Waals surface area (Å²) in [7, 11) is 3.21. The summed E-state index contributed by atoms with van der Waals surface area (Å²) in [5.74, 6) is 1.42. The number of carbonyl (C=O) groups is 1. The lowest BCUT2D eigenvalue weighted by molar-refractivity contribution is 0.0765. The number of rotatable bonds is 5. The van der Waals surface area contributed by atoms with Crippen molar-refractivity contribution in [3.63, 3.8) is 0 Å². The number of benzene rings is 2. The van der Waals surface area contributed by atoms with Gasteiger partial charge >= 0.3 is 0 Å². The van der Waals surface area contributed by atoms with Gasteiger partial charge in [-0.1, -0.05) is 12.1 Å². The molecule has 120 valence electrons. The van der Waals surface area contributed by atoms with E-state index in [9.17, 15) is 9.90 Å². The zero-order chi connectivity index (χ0) is 16.4. The molecular formula is C18H19NO4. The highest BCUT2D eigenvalue weighted by Crippen LogP contribution is 2.30. The molecule has 0 aromatic heterocycles. The van der Waals surface area contributed by atoms with Crippen molar-refractivity contribution in [1.82, 2.24) is 4.90 Å². The molecule has 1 N–H and O–H groups in total. The van der Waals surface area contributed by atoms with E-state index in [-0.39, 0.29) is 12.5 Å². The molecule has 5 heteroatoms. The minimum absolute atomic E-state index is 0.00219. The highest BCUT2D eigenvalue weighted by atomic mass is 16.5. The van der Waals surface area contributed by atoms with Crippen molar-refractivity contribution in [2.24, 2.45) is 0 Å². The van der Waals surface area contributed by atoms with Gasteiger partial charge in [-0.25, -0.2) is 0 Å². The second kappa shape index (κ2) is 6.30. The standard InChI is InChI=1S/C18H19NO4/c1-22-15-5-4-13(17(8-15)23-2)9-19-10-14-7-12(11-20)3-6-16(14)18(19)21/h3-8,20H,9-11H2,1-2H3. The van der Waals surface area contributed by atoms with Crippen LogP contribution in [0.4, 0.5) is 0 Å². The van der Waals surface area contributed by atoms with Gasteiger partial charge in [0.2, 0.25) is 0 Å². The molecule has 0 unspecified atom stereocenters. The Morgan fingerprint density at radius 3 is 2.65 bits per heavy atom. The van der Waals surface area contributed by atoms with Crippen molar-refractivity contribution in [3.8, 4) is 11.5 Å². The minimum atomic E-state index is -0.0201. The van der Waals surface area contributed by atoms with Crippen LogP contribution in [0.3, 0.4) is 0 Å². The lowest BCUT2D eigenvalue weighted by Crippen LogP contribution is -2.23. The summed E-state index contributed by atoms with van der Waals surface area (Å²) in [6, 6.07) is 11.0. The number of hydrogen-bond acceptors (Lipinski definition) is 4. The van der Waals surface area contributed by atoms with Crippen LogP contribution in [0.25, 0.3) is 0 Å². The van der Waals surface area contributed by atoms with Crippen LogP contribution < -0.4 is 9.47 Å². The monoisotopic (exact) mass is 313 g/mol. The maximum atomic E-state index is 12.5. The van der Waals surface area contributed by atoms with E-state index >= 15 is 0 Å². The molecule has 0 fully saturated rings. The number of aliphatic hydroxyl groups excluding tert-OH is 1. The number of fused-ring (bicyclic) bond motifs is 1. The van der Waals surface area contributed by atoms with Crippen molar-refractivity contribution in [1.29, 1.82) is 0 Å². The number of carbonyl (C=O) groups excluding carboxylic acids is 1. The molecule has 3 rings (SSSR count). The summed E-state index contributed by atoms with van der Waals surface area (Å²) in [6.07, 6.45) is 0. The Labute approximate surface area is 135 Å². The molecule has 0 aliphatic carbocycles. The molecule has 1 heterocycles. The second-order valence-corrected chi connectivity index (χ2v) is 5.49. The van der Waals surface area contributed by atoms with E-state index in [0.29, 0.717) is 30.2 Å². The average molecular weight is 313 g/mol. The van der Waals surface area contributed by atoms with E-state index in [1.807, 2.05) is 24.3 Å². The Morgan fingerprint density at radius 1 is 1.13 bits per heavy atom. The highest BCUT2D eigenvalue weighted by Gasteiger charge is 2.28. The number of aliphatic hydroxyl groups is 1. The molecule has 5 nitrogen and oxygen atoms in total. The van der Waals surface area contributed by atoms with Gasteiger partial charge in [0.15, 0.2) is 0 Å². The Morgan fingerprint density at radius 2 is 1.96 bits per heavy atom. The molecule has 1 aliphatic heterocycles. The Kier molecular flexibility index (Phi) is 4.21. The zero-order valence-electron chi connectivity index (χ0n) is 13.2. The fourth-order valence-corrected chi connectivity index (χ4v) is 2.85. The Balaban J connectivity index is 1.83. The topological polar surface area (TPSA) is 59.0 Å². The largest absolute Gasteiger partial charge is 0.497 e. The Hall–Kier alpha value is -2.53. The van der Waals surface area contributed by atoms with Crippen LogP contribution in [0, 0.1) is 0 Å². The molecule has 0 radical (unpaired) electrons. The predicted octanol–water partition coefficient (Wildman–Crippen LogP) is 2.35. The number of hydrogen-bond donors (Lipinski definition) is 1. The van der Waals surface area contributed by atoms with E-state index in [0.717, 1.165) is 16.7 Å². The summed E-state index contributed by atoms with van der Waals surface area (Å²) in [5, 5.41) is 9.23. The van der Waals surface area contributed by atoms with E-state index in [1.54, 1.807) is 31.3 Å². The molecule has 1 amide bonds. The zero-order valence-corrected chi connectivity index (χ0v) is 13.2. The molecule has 0 saturated carbocycles. The number of methoxy groups -OCH3 is 2. The van der Waals surface area contributed by atoms with Gasteiger partial charge in [0, 0.05) is 30.3 Å². The van der Waals surface area contributed by atoms with Crippen molar-refractivity contribution in [2.45, 2.75) is 19.7 Å². The molecule has 0 bridgehead atoms. The molecule has 2 aromatic carbocycles. The van der Waals surface area contributed by atoms with Crippen molar-refractivity contribution >= 4 is 5.91 Å². The van der Waals surface area contributed by atoms with Gasteiger partial charge in [-0.3, -0.25) is 4.79 Å². The lowest BCUT2D eigenvalue weighted by Gasteiger charge is -2.18. The smallest absolute Gasteiger partial charge is 0.254 e. The van der Waals surface area contributed by atoms with E-state index < -0.39 is 0 Å². The third kappa shape index (κ3) is 2.87. The van der Waals surface area contributed by atoms with Gasteiger partial charge in [-0.05, 0) is 29.3 Å². The summed E-state index contributed by atoms with van der Waals surface area (Å²) < 4.78 is 10.6. The maximum absolute atomic E-state index is 12.5. The van der Waals surface area contributed by atoms with Crippen LogP contribution in [0.5, 0.6) is 11.5 Å². The molecule has 0 saturated heterocycles. The maximum Gasteiger partial charge on any atom is 0.254 e. The molecule has 2 aromatic rings. The quantitative estimate of drug-likeness (QED) is 0.920. The van der Waals surface area contributed by atoms with Gasteiger partial charge in [0.25, 0.3) is 5.91 Å². The number of ether oxygens (including phenoxy) is 2. The van der Waals surface area contributed by atoms with E-state index in [1.165, 1.54) is 0 Å². The van der Waals surface area contributed by atoms with Crippen molar-refractivity contribution < 1.29 is 19.4 Å². The van der Waals surface area contributed by atoms with E-state index in [4.69, 9.17) is 9.47 Å². The lowest BCUT2D eigenvalue weighted by atomic mass is 10.1. The van der Waals surface area contributed by atoms with E-state index in [2.05, 4.69) is 0 Å². The molecule has 23 heavy (non-hydrogen) atoms. The van der Waals surface area contributed by atoms with Crippen LogP contribution in [-0.4, -0.2) is 30.1 Å².